The lowest BCUT2D eigenvalue weighted by Gasteiger charge is -2.28. The van der Waals surface area contributed by atoms with Gasteiger partial charge in [-0.2, -0.15) is 0 Å². The highest BCUT2D eigenvalue weighted by molar-refractivity contribution is 5.26. The second-order valence-electron chi connectivity index (χ2n) is 10.5. The van der Waals surface area contributed by atoms with Crippen LogP contribution in [0.3, 0.4) is 0 Å². The van der Waals surface area contributed by atoms with Crippen molar-refractivity contribution >= 4 is 0 Å². The van der Waals surface area contributed by atoms with E-state index in [0.717, 1.165) is 23.7 Å². The molecule has 2 fully saturated rings. The Morgan fingerprint density at radius 3 is 2.07 bits per heavy atom. The first-order valence-electron chi connectivity index (χ1n) is 13.5. The van der Waals surface area contributed by atoms with Gasteiger partial charge in [-0.3, -0.25) is 0 Å². The highest BCUT2D eigenvalue weighted by Gasteiger charge is 2.21. The molecule has 0 heteroatoms. The monoisotopic (exact) mass is 408 g/mol. The van der Waals surface area contributed by atoms with Crippen molar-refractivity contribution in [3.05, 3.63) is 47.5 Å². The molecule has 2 aliphatic carbocycles. The largest absolute Gasteiger partial charge is 0.0879 e. The smallest absolute Gasteiger partial charge is 0.0162 e. The Kier molecular flexibility index (Phi) is 10.5. The zero-order valence-electron chi connectivity index (χ0n) is 20.1. The summed E-state index contributed by atoms with van der Waals surface area (Å²) >= 11 is 0. The highest BCUT2D eigenvalue weighted by Crippen LogP contribution is 2.37. The van der Waals surface area contributed by atoms with E-state index >= 15 is 0 Å². The molecule has 0 amide bonds. The van der Waals surface area contributed by atoms with E-state index in [1.165, 1.54) is 108 Å². The molecule has 0 heterocycles. The molecule has 0 N–H and O–H groups in total. The summed E-state index contributed by atoms with van der Waals surface area (Å²) in [4.78, 5) is 0. The second-order valence-corrected chi connectivity index (χ2v) is 10.5. The maximum atomic E-state index is 2.55. The summed E-state index contributed by atoms with van der Waals surface area (Å²) in [6.07, 6.45) is 27.5. The molecule has 30 heavy (non-hydrogen) atoms. The number of hydrogen-bond donors (Lipinski definition) is 0. The van der Waals surface area contributed by atoms with Gasteiger partial charge in [0.2, 0.25) is 0 Å². The van der Waals surface area contributed by atoms with Gasteiger partial charge >= 0.3 is 0 Å². The summed E-state index contributed by atoms with van der Waals surface area (Å²) < 4.78 is 0. The molecule has 2 aliphatic rings. The van der Waals surface area contributed by atoms with Gasteiger partial charge in [0.25, 0.3) is 0 Å². The lowest BCUT2D eigenvalue weighted by molar-refractivity contribution is 0.289. The third-order valence-electron chi connectivity index (χ3n) is 8.11. The molecule has 2 saturated carbocycles. The normalized spacial score (nSPS) is 27.5. The van der Waals surface area contributed by atoms with Gasteiger partial charge in [0.05, 0.1) is 0 Å². The third-order valence-corrected chi connectivity index (χ3v) is 8.11. The van der Waals surface area contributed by atoms with Crippen molar-refractivity contribution < 1.29 is 0 Å². The van der Waals surface area contributed by atoms with Crippen molar-refractivity contribution in [2.24, 2.45) is 17.8 Å². The average molecular weight is 409 g/mol. The standard InChI is InChI=1S/C30H48/c1-3-5-6-10-26-13-15-27(16-14-26)11-7-8-12-28-19-23-30(24-20-28)29-21-17-25(9-4-2)18-22-29/h7,11,19-20,23-27,29H,3-6,8-10,12-18,21-22H2,1-2H3/b11-7+/t25-,26-,27-,29-. The van der Waals surface area contributed by atoms with Gasteiger partial charge in [-0.25, -0.2) is 0 Å². The Morgan fingerprint density at radius 1 is 0.733 bits per heavy atom. The van der Waals surface area contributed by atoms with Crippen LogP contribution in [0, 0.1) is 17.8 Å². The van der Waals surface area contributed by atoms with Crippen molar-refractivity contribution in [3.63, 3.8) is 0 Å². The highest BCUT2D eigenvalue weighted by atomic mass is 14.3. The molecular weight excluding hydrogens is 360 g/mol. The maximum absolute atomic E-state index is 2.55. The Bertz CT molecular complexity index is 579. The van der Waals surface area contributed by atoms with Gasteiger partial charge in [-0.05, 0) is 99.0 Å². The van der Waals surface area contributed by atoms with Crippen LogP contribution in [0.4, 0.5) is 0 Å². The number of allylic oxidation sites excluding steroid dienone is 2. The van der Waals surface area contributed by atoms with E-state index in [1.807, 2.05) is 0 Å². The van der Waals surface area contributed by atoms with E-state index in [9.17, 15) is 0 Å². The van der Waals surface area contributed by atoms with E-state index in [2.05, 4.69) is 50.3 Å². The number of aryl methyl sites for hydroxylation is 1. The van der Waals surface area contributed by atoms with Gasteiger partial charge in [0.1, 0.15) is 0 Å². The first-order valence-corrected chi connectivity index (χ1v) is 13.5. The Labute approximate surface area is 187 Å². The Morgan fingerprint density at radius 2 is 1.40 bits per heavy atom. The van der Waals surface area contributed by atoms with Crippen molar-refractivity contribution in [2.75, 3.05) is 0 Å². The molecule has 0 aliphatic heterocycles. The number of rotatable bonds is 11. The lowest BCUT2D eigenvalue weighted by atomic mass is 9.77. The quantitative estimate of drug-likeness (QED) is 0.252. The Hall–Kier alpha value is -1.04. The molecule has 0 nitrogen and oxygen atoms in total. The first-order chi connectivity index (χ1) is 14.8. The van der Waals surface area contributed by atoms with E-state index in [4.69, 9.17) is 0 Å². The zero-order valence-corrected chi connectivity index (χ0v) is 20.1. The van der Waals surface area contributed by atoms with E-state index in [-0.39, 0.29) is 0 Å². The van der Waals surface area contributed by atoms with Gasteiger partial charge in [0.15, 0.2) is 0 Å². The third kappa shape index (κ3) is 7.90. The summed E-state index contributed by atoms with van der Waals surface area (Å²) in [5.41, 5.74) is 3.11. The topological polar surface area (TPSA) is 0 Å². The van der Waals surface area contributed by atoms with Crippen molar-refractivity contribution in [1.82, 2.24) is 0 Å². The van der Waals surface area contributed by atoms with Gasteiger partial charge < -0.3 is 0 Å². The Balaban J connectivity index is 1.32. The van der Waals surface area contributed by atoms with Gasteiger partial charge in [-0.1, -0.05) is 88.8 Å². The molecule has 0 unspecified atom stereocenters. The molecule has 168 valence electrons. The molecule has 1 aromatic rings. The summed E-state index contributed by atoms with van der Waals surface area (Å²) in [5.74, 6) is 3.72. The van der Waals surface area contributed by atoms with Gasteiger partial charge in [-0.15, -0.1) is 0 Å². The number of unbranched alkanes of at least 4 members (excludes halogenated alkanes) is 2. The van der Waals surface area contributed by atoms with E-state index in [0.29, 0.717) is 0 Å². The summed E-state index contributed by atoms with van der Waals surface area (Å²) in [6.45, 7) is 4.65. The predicted molar refractivity (Wildman–Crippen MR) is 133 cm³/mol. The van der Waals surface area contributed by atoms with E-state index in [1.54, 1.807) is 5.56 Å². The predicted octanol–water partition coefficient (Wildman–Crippen LogP) is 9.64. The van der Waals surface area contributed by atoms with E-state index < -0.39 is 0 Å². The van der Waals surface area contributed by atoms with Crippen LogP contribution in [0.15, 0.2) is 36.4 Å². The van der Waals surface area contributed by atoms with Crippen molar-refractivity contribution in [1.29, 1.82) is 0 Å². The molecule has 1 aromatic carbocycles. The maximum Gasteiger partial charge on any atom is -0.0162 e. The van der Waals surface area contributed by atoms with Crippen LogP contribution in [-0.4, -0.2) is 0 Å². The summed E-state index contributed by atoms with van der Waals surface area (Å²) in [5, 5.41) is 0. The fraction of sp³-hybridized carbons (Fsp3) is 0.733. The fourth-order valence-electron chi connectivity index (χ4n) is 6.04. The van der Waals surface area contributed by atoms with Crippen LogP contribution in [0.2, 0.25) is 0 Å². The molecule has 0 spiro atoms. The molecule has 0 atom stereocenters. The van der Waals surface area contributed by atoms with Crippen LogP contribution < -0.4 is 0 Å². The van der Waals surface area contributed by atoms with Crippen LogP contribution in [0.5, 0.6) is 0 Å². The van der Waals surface area contributed by atoms with Crippen molar-refractivity contribution in [3.8, 4) is 0 Å². The molecule has 0 bridgehead atoms. The van der Waals surface area contributed by atoms with Crippen LogP contribution in [0.25, 0.3) is 0 Å². The molecule has 0 aromatic heterocycles. The second kappa shape index (κ2) is 13.4. The molecular formula is C30H48. The molecule has 3 rings (SSSR count). The molecule has 0 saturated heterocycles. The minimum absolute atomic E-state index is 0.823. The summed E-state index contributed by atoms with van der Waals surface area (Å²) in [6, 6.07) is 9.68. The van der Waals surface area contributed by atoms with Crippen LogP contribution >= 0.6 is 0 Å². The average Bonchev–Trinajstić information content (AvgIpc) is 2.79. The zero-order chi connectivity index (χ0) is 21.0. The van der Waals surface area contributed by atoms with Crippen LogP contribution in [0.1, 0.15) is 127 Å². The number of hydrogen-bond acceptors (Lipinski definition) is 0. The van der Waals surface area contributed by atoms with Crippen LogP contribution in [-0.2, 0) is 6.42 Å². The first kappa shape index (κ1) is 23.6. The molecule has 0 radical (unpaired) electrons. The fourth-order valence-corrected chi connectivity index (χ4v) is 6.04. The minimum atomic E-state index is 0.823. The number of benzene rings is 1. The minimum Gasteiger partial charge on any atom is -0.0879 e. The van der Waals surface area contributed by atoms with Crippen molar-refractivity contribution in [2.45, 2.75) is 122 Å². The van der Waals surface area contributed by atoms with Gasteiger partial charge in [0, 0.05) is 0 Å². The summed E-state index contributed by atoms with van der Waals surface area (Å²) in [7, 11) is 0. The SMILES string of the molecule is CCCCC[C@H]1CC[C@H](/C=C/CCc2ccc([C@H]3CC[C@H](CCC)CC3)cc2)CC1. The lowest BCUT2D eigenvalue weighted by Crippen LogP contribution is -2.13.